The highest BCUT2D eigenvalue weighted by molar-refractivity contribution is 6.05. The third-order valence-corrected chi connectivity index (χ3v) is 2.81. The monoisotopic (exact) mass is 251 g/mol. The summed E-state index contributed by atoms with van der Waals surface area (Å²) in [4.78, 5) is 23.8. The Morgan fingerprint density at radius 1 is 1.11 bits per heavy atom. The Hall–Kier alpha value is -1.88. The van der Waals surface area contributed by atoms with Crippen LogP contribution >= 0.6 is 0 Å². The van der Waals surface area contributed by atoms with Crippen molar-refractivity contribution in [2.24, 2.45) is 0 Å². The first-order chi connectivity index (χ1) is 8.60. The average Bonchev–Trinajstić information content (AvgIpc) is 2.44. The van der Waals surface area contributed by atoms with Crippen LogP contribution in [0, 0.1) is 0 Å². The lowest BCUT2D eigenvalue weighted by atomic mass is 9.91. The van der Waals surface area contributed by atoms with Gasteiger partial charge in [0.05, 0.1) is 14.2 Å². The summed E-state index contributed by atoms with van der Waals surface area (Å²) in [5.74, 6) is -1.33. The van der Waals surface area contributed by atoms with Crippen molar-refractivity contribution in [2.45, 2.75) is 12.0 Å². The van der Waals surface area contributed by atoms with Crippen molar-refractivity contribution >= 4 is 11.9 Å². The van der Waals surface area contributed by atoms with Crippen LogP contribution in [-0.4, -0.2) is 38.7 Å². The number of esters is 2. The van der Waals surface area contributed by atoms with E-state index >= 15 is 0 Å². The molecule has 0 unspecified atom stereocenters. The molecule has 0 radical (unpaired) electrons. The van der Waals surface area contributed by atoms with Gasteiger partial charge in [0.25, 0.3) is 0 Å². The predicted molar refractivity (Wildman–Crippen MR) is 66.0 cm³/mol. The van der Waals surface area contributed by atoms with Gasteiger partial charge in [0, 0.05) is 6.42 Å². The van der Waals surface area contributed by atoms with Crippen molar-refractivity contribution < 1.29 is 19.1 Å². The summed E-state index contributed by atoms with van der Waals surface area (Å²) in [6.45, 7) is 0. The van der Waals surface area contributed by atoms with Crippen molar-refractivity contribution in [2.75, 3.05) is 21.3 Å². The van der Waals surface area contributed by atoms with Crippen LogP contribution in [0.1, 0.15) is 5.56 Å². The first-order valence-corrected chi connectivity index (χ1v) is 5.50. The standard InChI is InChI=1S/C13H17NO4/c1-14-13(11(15)17-2,12(16)18-3)9-10-7-5-4-6-8-10/h4-8,14H,9H2,1-3H3. The van der Waals surface area contributed by atoms with Crippen molar-refractivity contribution in [3.63, 3.8) is 0 Å². The molecule has 0 atom stereocenters. The Balaban J connectivity index is 3.11. The molecular weight excluding hydrogens is 234 g/mol. The lowest BCUT2D eigenvalue weighted by Gasteiger charge is -2.27. The van der Waals surface area contributed by atoms with Crippen LogP contribution in [0.3, 0.4) is 0 Å². The molecule has 0 aromatic heterocycles. The molecule has 0 bridgehead atoms. The number of benzene rings is 1. The molecule has 5 heteroatoms. The molecule has 0 spiro atoms. The van der Waals surface area contributed by atoms with Crippen LogP contribution in [0.15, 0.2) is 30.3 Å². The van der Waals surface area contributed by atoms with E-state index in [1.807, 2.05) is 30.3 Å². The lowest BCUT2D eigenvalue weighted by Crippen LogP contribution is -2.59. The minimum absolute atomic E-state index is 0.170. The highest BCUT2D eigenvalue weighted by Gasteiger charge is 2.47. The minimum Gasteiger partial charge on any atom is -0.467 e. The van der Waals surface area contributed by atoms with Gasteiger partial charge in [-0.15, -0.1) is 0 Å². The van der Waals surface area contributed by atoms with E-state index in [1.165, 1.54) is 21.3 Å². The summed E-state index contributed by atoms with van der Waals surface area (Å²) in [5.41, 5.74) is -0.673. The molecule has 1 aromatic rings. The number of hydrogen-bond acceptors (Lipinski definition) is 5. The summed E-state index contributed by atoms with van der Waals surface area (Å²) < 4.78 is 9.40. The molecule has 0 aliphatic heterocycles. The highest BCUT2D eigenvalue weighted by Crippen LogP contribution is 2.17. The minimum atomic E-state index is -1.51. The van der Waals surface area contributed by atoms with E-state index in [-0.39, 0.29) is 6.42 Å². The van der Waals surface area contributed by atoms with Gasteiger partial charge in [-0.1, -0.05) is 30.3 Å². The molecule has 0 heterocycles. The summed E-state index contributed by atoms with van der Waals surface area (Å²) in [6.07, 6.45) is 0.170. The van der Waals surface area contributed by atoms with Crippen LogP contribution in [-0.2, 0) is 25.5 Å². The molecular formula is C13H17NO4. The van der Waals surface area contributed by atoms with Gasteiger partial charge in [-0.25, -0.2) is 9.59 Å². The van der Waals surface area contributed by atoms with Gasteiger partial charge in [-0.3, -0.25) is 5.32 Å². The Morgan fingerprint density at radius 2 is 1.61 bits per heavy atom. The van der Waals surface area contributed by atoms with Crippen molar-refractivity contribution in [1.82, 2.24) is 5.32 Å². The molecule has 0 fully saturated rings. The van der Waals surface area contributed by atoms with Crippen LogP contribution in [0.25, 0.3) is 0 Å². The van der Waals surface area contributed by atoms with Crippen molar-refractivity contribution in [3.8, 4) is 0 Å². The van der Waals surface area contributed by atoms with Gasteiger partial charge < -0.3 is 9.47 Å². The summed E-state index contributed by atoms with van der Waals surface area (Å²) in [6, 6.07) is 9.20. The Labute approximate surface area is 106 Å². The second kappa shape index (κ2) is 6.16. The topological polar surface area (TPSA) is 64.6 Å². The van der Waals surface area contributed by atoms with Crippen molar-refractivity contribution in [3.05, 3.63) is 35.9 Å². The molecule has 18 heavy (non-hydrogen) atoms. The first-order valence-electron chi connectivity index (χ1n) is 5.50. The van der Waals surface area contributed by atoms with Crippen molar-refractivity contribution in [1.29, 1.82) is 0 Å². The maximum absolute atomic E-state index is 11.9. The van der Waals surface area contributed by atoms with Crippen LogP contribution in [0.4, 0.5) is 0 Å². The van der Waals surface area contributed by atoms with Gasteiger partial charge >= 0.3 is 11.9 Å². The molecule has 0 saturated carbocycles. The molecule has 0 aliphatic rings. The van der Waals surface area contributed by atoms with Gasteiger partial charge in [-0.2, -0.15) is 0 Å². The molecule has 1 N–H and O–H groups in total. The van der Waals surface area contributed by atoms with E-state index < -0.39 is 17.5 Å². The second-order valence-electron chi connectivity index (χ2n) is 3.80. The Bertz CT molecular complexity index is 400. The van der Waals surface area contributed by atoms with Crippen LogP contribution in [0.2, 0.25) is 0 Å². The zero-order valence-corrected chi connectivity index (χ0v) is 10.7. The summed E-state index contributed by atoms with van der Waals surface area (Å²) >= 11 is 0. The third-order valence-electron chi connectivity index (χ3n) is 2.81. The number of ether oxygens (including phenoxy) is 2. The molecule has 98 valence electrons. The van der Waals surface area contributed by atoms with E-state index in [4.69, 9.17) is 9.47 Å². The second-order valence-corrected chi connectivity index (χ2v) is 3.80. The fraction of sp³-hybridized carbons (Fsp3) is 0.385. The van der Waals surface area contributed by atoms with E-state index in [0.29, 0.717) is 0 Å². The number of rotatable bonds is 5. The zero-order chi connectivity index (χ0) is 13.6. The highest BCUT2D eigenvalue weighted by atomic mass is 16.5. The fourth-order valence-corrected chi connectivity index (χ4v) is 1.77. The van der Waals surface area contributed by atoms with Gasteiger partial charge in [-0.05, 0) is 12.6 Å². The maximum Gasteiger partial charge on any atom is 0.338 e. The zero-order valence-electron chi connectivity index (χ0n) is 10.7. The number of carbonyl (C=O) groups excluding carboxylic acids is 2. The largest absolute Gasteiger partial charge is 0.467 e. The number of carbonyl (C=O) groups is 2. The Morgan fingerprint density at radius 3 is 2.00 bits per heavy atom. The van der Waals surface area contributed by atoms with E-state index in [9.17, 15) is 9.59 Å². The average molecular weight is 251 g/mol. The quantitative estimate of drug-likeness (QED) is 0.611. The number of methoxy groups -OCH3 is 2. The Kier molecular flexibility index (Phi) is 4.85. The molecule has 0 saturated heterocycles. The number of hydrogen-bond donors (Lipinski definition) is 1. The van der Waals surface area contributed by atoms with Crippen LogP contribution in [0.5, 0.6) is 0 Å². The van der Waals surface area contributed by atoms with E-state index in [2.05, 4.69) is 5.32 Å². The van der Waals surface area contributed by atoms with Gasteiger partial charge in [0.15, 0.2) is 0 Å². The van der Waals surface area contributed by atoms with Gasteiger partial charge in [0.2, 0.25) is 5.54 Å². The lowest BCUT2D eigenvalue weighted by molar-refractivity contribution is -0.163. The molecule has 5 nitrogen and oxygen atoms in total. The number of likely N-dealkylation sites (N-methyl/N-ethyl adjacent to an activating group) is 1. The molecule has 1 aromatic carbocycles. The number of nitrogens with one attached hydrogen (secondary N) is 1. The van der Waals surface area contributed by atoms with Crippen LogP contribution < -0.4 is 5.32 Å². The van der Waals surface area contributed by atoms with E-state index in [0.717, 1.165) is 5.56 Å². The smallest absolute Gasteiger partial charge is 0.338 e. The summed E-state index contributed by atoms with van der Waals surface area (Å²) in [5, 5.41) is 2.72. The molecule has 0 amide bonds. The summed E-state index contributed by atoms with van der Waals surface area (Å²) in [7, 11) is 4.00. The molecule has 0 aliphatic carbocycles. The normalized spacial score (nSPS) is 10.8. The molecule has 1 rings (SSSR count). The third kappa shape index (κ3) is 2.68. The SMILES string of the molecule is CNC(Cc1ccccc1)(C(=O)OC)C(=O)OC. The maximum atomic E-state index is 11.9. The van der Waals surface area contributed by atoms with E-state index in [1.54, 1.807) is 0 Å². The first kappa shape index (κ1) is 14.2. The van der Waals surface area contributed by atoms with Gasteiger partial charge in [0.1, 0.15) is 0 Å². The fourth-order valence-electron chi connectivity index (χ4n) is 1.77. The predicted octanol–water partition coefficient (Wildman–Crippen LogP) is 0.533.